The standard InChI is InChI=1S/C14H17N3O3/c15-13(19)14(20)16-10-5-7-11(8-6-10)17-9-3-1-2-4-12(17)18/h5-8H,1-4,9H2,(H2,15,19)(H,16,20). The number of hydrogen-bond donors (Lipinski definition) is 2. The molecule has 1 heterocycles. The third-order valence-electron chi connectivity index (χ3n) is 3.23. The first kappa shape index (κ1) is 14.0. The minimum Gasteiger partial charge on any atom is -0.361 e. The molecule has 0 saturated carbocycles. The smallest absolute Gasteiger partial charge is 0.313 e. The first-order chi connectivity index (χ1) is 9.58. The summed E-state index contributed by atoms with van der Waals surface area (Å²) in [5, 5.41) is 2.38. The maximum Gasteiger partial charge on any atom is 0.313 e. The number of carbonyl (C=O) groups excluding carboxylic acids is 3. The normalized spacial score (nSPS) is 15.6. The van der Waals surface area contributed by atoms with Gasteiger partial charge in [0.05, 0.1) is 0 Å². The Hall–Kier alpha value is -2.37. The van der Waals surface area contributed by atoms with E-state index in [2.05, 4.69) is 5.32 Å². The van der Waals surface area contributed by atoms with Crippen LogP contribution in [0.1, 0.15) is 25.7 Å². The summed E-state index contributed by atoms with van der Waals surface area (Å²) in [6, 6.07) is 6.79. The highest BCUT2D eigenvalue weighted by Crippen LogP contribution is 2.22. The van der Waals surface area contributed by atoms with Crippen LogP contribution >= 0.6 is 0 Å². The fourth-order valence-electron chi connectivity index (χ4n) is 2.17. The molecule has 20 heavy (non-hydrogen) atoms. The van der Waals surface area contributed by atoms with E-state index in [0.717, 1.165) is 24.9 Å². The Kier molecular flexibility index (Phi) is 4.34. The topological polar surface area (TPSA) is 92.5 Å². The summed E-state index contributed by atoms with van der Waals surface area (Å²) >= 11 is 0. The quantitative estimate of drug-likeness (QED) is 0.789. The van der Waals surface area contributed by atoms with Gasteiger partial charge < -0.3 is 16.0 Å². The summed E-state index contributed by atoms with van der Waals surface area (Å²) in [6.07, 6.45) is 3.56. The number of nitrogens with one attached hydrogen (secondary N) is 1. The molecule has 1 saturated heterocycles. The fraction of sp³-hybridized carbons (Fsp3) is 0.357. The van der Waals surface area contributed by atoms with Gasteiger partial charge in [0, 0.05) is 24.3 Å². The Morgan fingerprint density at radius 1 is 1.10 bits per heavy atom. The third kappa shape index (κ3) is 3.34. The van der Waals surface area contributed by atoms with Gasteiger partial charge in [-0.15, -0.1) is 0 Å². The minimum atomic E-state index is -1.03. The molecular formula is C14H17N3O3. The predicted molar refractivity (Wildman–Crippen MR) is 75.1 cm³/mol. The van der Waals surface area contributed by atoms with E-state index in [1.165, 1.54) is 0 Å². The highest BCUT2D eigenvalue weighted by molar-refractivity contribution is 6.39. The van der Waals surface area contributed by atoms with Gasteiger partial charge in [-0.3, -0.25) is 14.4 Å². The number of rotatable bonds is 2. The second-order valence-electron chi connectivity index (χ2n) is 4.72. The summed E-state index contributed by atoms with van der Waals surface area (Å²) < 4.78 is 0. The molecule has 6 heteroatoms. The van der Waals surface area contributed by atoms with Crippen molar-refractivity contribution < 1.29 is 14.4 Å². The Labute approximate surface area is 116 Å². The van der Waals surface area contributed by atoms with E-state index in [-0.39, 0.29) is 5.91 Å². The second kappa shape index (κ2) is 6.18. The largest absolute Gasteiger partial charge is 0.361 e. The number of nitrogens with zero attached hydrogens (tertiary/aromatic N) is 1. The van der Waals surface area contributed by atoms with Crippen LogP contribution in [0.3, 0.4) is 0 Å². The number of carbonyl (C=O) groups is 3. The zero-order valence-electron chi connectivity index (χ0n) is 11.1. The summed E-state index contributed by atoms with van der Waals surface area (Å²) in [5.74, 6) is -1.77. The van der Waals surface area contributed by atoms with Crippen molar-refractivity contribution >= 4 is 29.1 Å². The van der Waals surface area contributed by atoms with Crippen molar-refractivity contribution in [2.24, 2.45) is 5.73 Å². The molecule has 1 aromatic rings. The number of amides is 3. The van der Waals surface area contributed by atoms with Gasteiger partial charge in [0.25, 0.3) is 0 Å². The first-order valence-electron chi connectivity index (χ1n) is 6.59. The molecule has 1 aromatic carbocycles. The van der Waals surface area contributed by atoms with Crippen LogP contribution in [0.4, 0.5) is 11.4 Å². The molecule has 0 radical (unpaired) electrons. The number of anilines is 2. The number of hydrogen-bond acceptors (Lipinski definition) is 3. The van der Waals surface area contributed by atoms with Crippen LogP contribution < -0.4 is 16.0 Å². The summed E-state index contributed by atoms with van der Waals surface area (Å²) in [5.41, 5.74) is 6.13. The third-order valence-corrected chi connectivity index (χ3v) is 3.23. The van der Waals surface area contributed by atoms with E-state index in [0.29, 0.717) is 18.7 Å². The maximum atomic E-state index is 12.0. The van der Waals surface area contributed by atoms with E-state index in [4.69, 9.17) is 5.73 Å². The van der Waals surface area contributed by atoms with Crippen molar-refractivity contribution in [1.29, 1.82) is 0 Å². The van der Waals surface area contributed by atoms with Crippen molar-refractivity contribution in [3.63, 3.8) is 0 Å². The molecule has 6 nitrogen and oxygen atoms in total. The maximum absolute atomic E-state index is 12.0. The van der Waals surface area contributed by atoms with E-state index < -0.39 is 11.8 Å². The molecule has 1 aliphatic rings. The lowest BCUT2D eigenvalue weighted by Crippen LogP contribution is -2.30. The Morgan fingerprint density at radius 3 is 2.45 bits per heavy atom. The highest BCUT2D eigenvalue weighted by atomic mass is 16.2. The highest BCUT2D eigenvalue weighted by Gasteiger charge is 2.18. The van der Waals surface area contributed by atoms with Gasteiger partial charge in [0.1, 0.15) is 0 Å². The molecule has 0 unspecified atom stereocenters. The Balaban J connectivity index is 2.09. The van der Waals surface area contributed by atoms with E-state index >= 15 is 0 Å². The molecule has 3 N–H and O–H groups in total. The lowest BCUT2D eigenvalue weighted by molar-refractivity contribution is -0.134. The lowest BCUT2D eigenvalue weighted by atomic mass is 10.2. The zero-order valence-corrected chi connectivity index (χ0v) is 11.1. The van der Waals surface area contributed by atoms with Crippen LogP contribution in [0, 0.1) is 0 Å². The number of primary amides is 1. The van der Waals surface area contributed by atoms with Crippen LogP contribution in [0.2, 0.25) is 0 Å². The fourth-order valence-corrected chi connectivity index (χ4v) is 2.17. The number of nitrogens with two attached hydrogens (primary N) is 1. The molecule has 0 atom stereocenters. The summed E-state index contributed by atoms with van der Waals surface area (Å²) in [4.78, 5) is 35.5. The van der Waals surface area contributed by atoms with Crippen molar-refractivity contribution in [3.05, 3.63) is 24.3 Å². The summed E-state index contributed by atoms with van der Waals surface area (Å²) in [6.45, 7) is 0.714. The molecule has 3 amide bonds. The van der Waals surface area contributed by atoms with Gasteiger partial charge in [-0.1, -0.05) is 6.42 Å². The van der Waals surface area contributed by atoms with Crippen molar-refractivity contribution in [3.8, 4) is 0 Å². The van der Waals surface area contributed by atoms with Gasteiger partial charge in [-0.05, 0) is 37.1 Å². The molecule has 0 bridgehead atoms. The molecule has 0 aromatic heterocycles. The average Bonchev–Trinajstić information content (AvgIpc) is 2.64. The minimum absolute atomic E-state index is 0.122. The van der Waals surface area contributed by atoms with Crippen LogP contribution in [0.5, 0.6) is 0 Å². The summed E-state index contributed by atoms with van der Waals surface area (Å²) in [7, 11) is 0. The molecule has 0 spiro atoms. The van der Waals surface area contributed by atoms with E-state index in [1.54, 1.807) is 29.2 Å². The molecule has 106 valence electrons. The molecule has 1 fully saturated rings. The van der Waals surface area contributed by atoms with Gasteiger partial charge in [0.15, 0.2) is 0 Å². The van der Waals surface area contributed by atoms with Crippen molar-refractivity contribution in [1.82, 2.24) is 0 Å². The van der Waals surface area contributed by atoms with E-state index in [1.807, 2.05) is 0 Å². The predicted octanol–water partition coefficient (Wildman–Crippen LogP) is 1.02. The Morgan fingerprint density at radius 2 is 1.80 bits per heavy atom. The van der Waals surface area contributed by atoms with Crippen LogP contribution in [-0.2, 0) is 14.4 Å². The van der Waals surface area contributed by atoms with Gasteiger partial charge in [0.2, 0.25) is 5.91 Å². The average molecular weight is 275 g/mol. The van der Waals surface area contributed by atoms with Gasteiger partial charge in [-0.2, -0.15) is 0 Å². The molecule has 1 aliphatic heterocycles. The van der Waals surface area contributed by atoms with Crippen LogP contribution in [0.25, 0.3) is 0 Å². The SMILES string of the molecule is NC(=O)C(=O)Nc1ccc(N2CCCCCC2=O)cc1. The Bertz CT molecular complexity index is 525. The molecular weight excluding hydrogens is 258 g/mol. The lowest BCUT2D eigenvalue weighted by Gasteiger charge is -2.20. The second-order valence-corrected chi connectivity index (χ2v) is 4.72. The number of benzene rings is 1. The molecule has 2 rings (SSSR count). The van der Waals surface area contributed by atoms with Gasteiger partial charge >= 0.3 is 11.8 Å². The van der Waals surface area contributed by atoms with E-state index in [9.17, 15) is 14.4 Å². The van der Waals surface area contributed by atoms with Crippen LogP contribution in [0.15, 0.2) is 24.3 Å². The molecule has 0 aliphatic carbocycles. The van der Waals surface area contributed by atoms with Gasteiger partial charge in [-0.25, -0.2) is 0 Å². The van der Waals surface area contributed by atoms with Crippen molar-refractivity contribution in [2.75, 3.05) is 16.8 Å². The monoisotopic (exact) mass is 275 g/mol. The van der Waals surface area contributed by atoms with Crippen molar-refractivity contribution in [2.45, 2.75) is 25.7 Å². The first-order valence-corrected chi connectivity index (χ1v) is 6.59. The van der Waals surface area contributed by atoms with Crippen LogP contribution in [-0.4, -0.2) is 24.3 Å². The zero-order chi connectivity index (χ0) is 14.5.